The topological polar surface area (TPSA) is 95.5 Å². The quantitative estimate of drug-likeness (QED) is 0.718. The third-order valence-corrected chi connectivity index (χ3v) is 4.90. The van der Waals surface area contributed by atoms with Gasteiger partial charge in [0.25, 0.3) is 5.24 Å². The van der Waals surface area contributed by atoms with Crippen molar-refractivity contribution in [3.63, 3.8) is 0 Å². The highest BCUT2D eigenvalue weighted by Gasteiger charge is 2.47. The molecule has 1 saturated carbocycles. The number of hydrogen-bond acceptors (Lipinski definition) is 4. The molecular formula is C12H18N2O4S. The number of nitrogens with one attached hydrogen (secondary N) is 2. The van der Waals surface area contributed by atoms with Crippen LogP contribution in [0.15, 0.2) is 0 Å². The number of carboxylic acids is 1. The number of carbonyl (C=O) groups is 3. The molecule has 0 aromatic rings. The molecule has 2 fully saturated rings. The predicted octanol–water partition coefficient (Wildman–Crippen LogP) is 0.961. The molecular weight excluding hydrogens is 268 g/mol. The first-order valence-electron chi connectivity index (χ1n) is 6.44. The standard InChI is InChI=1S/C12H18N2O4S/c1-7-4-2-3-5-12(7,10(16)17)14-9(15)8-6-19-11(18)13-8/h7-8H,2-6H2,1H3,(H,13,18)(H,14,15)(H,16,17). The summed E-state index contributed by atoms with van der Waals surface area (Å²) in [5.41, 5.74) is -1.19. The maximum absolute atomic E-state index is 12.1. The summed E-state index contributed by atoms with van der Waals surface area (Å²) in [6.45, 7) is 1.86. The van der Waals surface area contributed by atoms with E-state index in [9.17, 15) is 19.5 Å². The molecule has 7 heteroatoms. The van der Waals surface area contributed by atoms with Crippen molar-refractivity contribution in [2.75, 3.05) is 5.75 Å². The Morgan fingerprint density at radius 3 is 2.74 bits per heavy atom. The molecule has 19 heavy (non-hydrogen) atoms. The van der Waals surface area contributed by atoms with Gasteiger partial charge in [-0.15, -0.1) is 0 Å². The van der Waals surface area contributed by atoms with Gasteiger partial charge in [0, 0.05) is 5.75 Å². The van der Waals surface area contributed by atoms with Crippen LogP contribution in [0.2, 0.25) is 0 Å². The van der Waals surface area contributed by atoms with E-state index in [1.54, 1.807) is 0 Å². The van der Waals surface area contributed by atoms with Gasteiger partial charge in [0.15, 0.2) is 0 Å². The van der Waals surface area contributed by atoms with E-state index >= 15 is 0 Å². The first-order valence-corrected chi connectivity index (χ1v) is 7.43. The normalized spacial score (nSPS) is 34.7. The smallest absolute Gasteiger partial charge is 0.329 e. The highest BCUT2D eigenvalue weighted by Crippen LogP contribution is 2.34. The van der Waals surface area contributed by atoms with E-state index < -0.39 is 23.5 Å². The van der Waals surface area contributed by atoms with Gasteiger partial charge in [0.2, 0.25) is 5.91 Å². The van der Waals surface area contributed by atoms with Gasteiger partial charge in [-0.1, -0.05) is 31.5 Å². The summed E-state index contributed by atoms with van der Waals surface area (Å²) < 4.78 is 0. The van der Waals surface area contributed by atoms with Crippen LogP contribution < -0.4 is 10.6 Å². The number of thioether (sulfide) groups is 1. The Morgan fingerprint density at radius 2 is 2.21 bits per heavy atom. The third kappa shape index (κ3) is 2.70. The van der Waals surface area contributed by atoms with Gasteiger partial charge in [-0.05, 0) is 18.8 Å². The van der Waals surface area contributed by atoms with Crippen molar-refractivity contribution in [1.82, 2.24) is 10.6 Å². The zero-order valence-electron chi connectivity index (χ0n) is 10.8. The minimum absolute atomic E-state index is 0.104. The van der Waals surface area contributed by atoms with Crippen molar-refractivity contribution in [2.24, 2.45) is 5.92 Å². The Balaban J connectivity index is 2.10. The van der Waals surface area contributed by atoms with Gasteiger partial charge in [-0.3, -0.25) is 9.59 Å². The number of aliphatic carboxylic acids is 1. The van der Waals surface area contributed by atoms with Crippen LogP contribution in [0.5, 0.6) is 0 Å². The van der Waals surface area contributed by atoms with Crippen molar-refractivity contribution >= 4 is 28.9 Å². The van der Waals surface area contributed by atoms with E-state index in [4.69, 9.17) is 0 Å². The molecule has 0 bridgehead atoms. The Kier molecular flexibility index (Phi) is 4.03. The van der Waals surface area contributed by atoms with Crippen molar-refractivity contribution < 1.29 is 19.5 Å². The Labute approximate surface area is 115 Å². The van der Waals surface area contributed by atoms with E-state index in [0.29, 0.717) is 12.2 Å². The molecule has 1 heterocycles. The van der Waals surface area contributed by atoms with E-state index in [-0.39, 0.29) is 11.2 Å². The van der Waals surface area contributed by atoms with Gasteiger partial charge >= 0.3 is 5.97 Å². The molecule has 1 aliphatic carbocycles. The van der Waals surface area contributed by atoms with E-state index in [1.165, 1.54) is 0 Å². The highest BCUT2D eigenvalue weighted by molar-refractivity contribution is 8.14. The molecule has 106 valence electrons. The third-order valence-electron chi connectivity index (χ3n) is 4.02. The average molecular weight is 286 g/mol. The summed E-state index contributed by atoms with van der Waals surface area (Å²) in [6, 6.07) is -0.622. The van der Waals surface area contributed by atoms with Crippen LogP contribution >= 0.6 is 11.8 Å². The first-order chi connectivity index (χ1) is 8.95. The zero-order chi connectivity index (χ0) is 14.0. The molecule has 1 saturated heterocycles. The second-order valence-corrected chi connectivity index (χ2v) is 6.20. The molecule has 0 aromatic heterocycles. The van der Waals surface area contributed by atoms with Crippen molar-refractivity contribution in [3.05, 3.63) is 0 Å². The van der Waals surface area contributed by atoms with Crippen LogP contribution in [0.25, 0.3) is 0 Å². The van der Waals surface area contributed by atoms with Crippen LogP contribution in [0.3, 0.4) is 0 Å². The summed E-state index contributed by atoms with van der Waals surface area (Å²) in [5, 5.41) is 14.5. The van der Waals surface area contributed by atoms with Gasteiger partial charge < -0.3 is 15.7 Å². The number of carbonyl (C=O) groups excluding carboxylic acids is 2. The molecule has 0 radical (unpaired) electrons. The number of amides is 2. The molecule has 2 amide bonds. The Bertz CT molecular complexity index is 415. The second-order valence-electron chi connectivity index (χ2n) is 5.21. The van der Waals surface area contributed by atoms with Crippen LogP contribution in [0.1, 0.15) is 32.6 Å². The molecule has 3 N–H and O–H groups in total. The van der Waals surface area contributed by atoms with Crippen LogP contribution in [0.4, 0.5) is 4.79 Å². The minimum Gasteiger partial charge on any atom is -0.479 e. The first kappa shape index (κ1) is 14.2. The maximum atomic E-state index is 12.1. The fourth-order valence-electron chi connectivity index (χ4n) is 2.74. The summed E-state index contributed by atoms with van der Waals surface area (Å²) in [4.78, 5) is 34.8. The molecule has 0 aromatic carbocycles. The van der Waals surface area contributed by atoms with Gasteiger partial charge in [-0.25, -0.2) is 4.79 Å². The second kappa shape index (κ2) is 5.40. The largest absolute Gasteiger partial charge is 0.479 e. The van der Waals surface area contributed by atoms with Crippen molar-refractivity contribution in [1.29, 1.82) is 0 Å². The van der Waals surface area contributed by atoms with E-state index in [2.05, 4.69) is 10.6 Å². The lowest BCUT2D eigenvalue weighted by Crippen LogP contribution is -2.62. The number of hydrogen-bond donors (Lipinski definition) is 3. The van der Waals surface area contributed by atoms with E-state index in [0.717, 1.165) is 31.0 Å². The van der Waals surface area contributed by atoms with E-state index in [1.807, 2.05) is 6.92 Å². The lowest BCUT2D eigenvalue weighted by molar-refractivity contribution is -0.152. The molecule has 6 nitrogen and oxygen atoms in total. The fraction of sp³-hybridized carbons (Fsp3) is 0.750. The molecule has 0 spiro atoms. The van der Waals surface area contributed by atoms with Crippen LogP contribution in [-0.4, -0.2) is 39.6 Å². The lowest BCUT2D eigenvalue weighted by Gasteiger charge is -2.40. The summed E-state index contributed by atoms with van der Waals surface area (Å²) >= 11 is 1.05. The van der Waals surface area contributed by atoms with Gasteiger partial charge in [0.1, 0.15) is 11.6 Å². The SMILES string of the molecule is CC1CCCCC1(NC(=O)C1CSC(=O)N1)C(=O)O. The molecule has 3 atom stereocenters. The van der Waals surface area contributed by atoms with Gasteiger partial charge in [-0.2, -0.15) is 0 Å². The zero-order valence-corrected chi connectivity index (χ0v) is 11.6. The molecule has 2 aliphatic rings. The predicted molar refractivity (Wildman–Crippen MR) is 70.9 cm³/mol. The van der Waals surface area contributed by atoms with Crippen LogP contribution in [-0.2, 0) is 9.59 Å². The molecule has 1 aliphatic heterocycles. The summed E-state index contributed by atoms with van der Waals surface area (Å²) in [7, 11) is 0. The van der Waals surface area contributed by atoms with Gasteiger partial charge in [0.05, 0.1) is 0 Å². The molecule has 2 rings (SSSR count). The molecule has 3 unspecified atom stereocenters. The Morgan fingerprint density at radius 1 is 1.47 bits per heavy atom. The Hall–Kier alpha value is -1.24. The highest BCUT2D eigenvalue weighted by atomic mass is 32.2. The maximum Gasteiger partial charge on any atom is 0.329 e. The van der Waals surface area contributed by atoms with Crippen LogP contribution in [0, 0.1) is 5.92 Å². The number of carboxylic acid groups (broad SMARTS) is 1. The minimum atomic E-state index is -1.19. The summed E-state index contributed by atoms with van der Waals surface area (Å²) in [5.74, 6) is -1.12. The fourth-order valence-corrected chi connectivity index (χ4v) is 3.52. The monoisotopic (exact) mass is 286 g/mol. The number of rotatable bonds is 3. The van der Waals surface area contributed by atoms with Crippen molar-refractivity contribution in [2.45, 2.75) is 44.2 Å². The van der Waals surface area contributed by atoms with Crippen molar-refractivity contribution in [3.8, 4) is 0 Å². The average Bonchev–Trinajstić information content (AvgIpc) is 2.78. The summed E-state index contributed by atoms with van der Waals surface area (Å²) in [6.07, 6.45) is 3.02. The lowest BCUT2D eigenvalue weighted by atomic mass is 9.73.